The van der Waals surface area contributed by atoms with E-state index in [0.29, 0.717) is 0 Å². The van der Waals surface area contributed by atoms with Crippen molar-refractivity contribution in [3.8, 4) is 0 Å². The summed E-state index contributed by atoms with van der Waals surface area (Å²) in [6.45, 7) is 2.64. The fraction of sp³-hybridized carbons (Fsp3) is 0.273. The Morgan fingerprint density at radius 3 is 2.07 bits per heavy atom. The van der Waals surface area contributed by atoms with Gasteiger partial charge in [0.2, 0.25) is 0 Å². The normalized spacial score (nSPS) is 11.1. The first-order valence-electron chi connectivity index (χ1n) is 4.39. The van der Waals surface area contributed by atoms with E-state index in [9.17, 15) is 14.0 Å². The first kappa shape index (κ1) is 11.4. The van der Waals surface area contributed by atoms with E-state index >= 15 is 0 Å². The molecule has 0 aliphatic carbocycles. The molecule has 0 aromatic heterocycles. The van der Waals surface area contributed by atoms with Crippen molar-refractivity contribution in [1.29, 1.82) is 0 Å². The van der Waals surface area contributed by atoms with Gasteiger partial charge < -0.3 is 5.11 Å². The van der Waals surface area contributed by atoms with E-state index < -0.39 is 23.0 Å². The third-order valence-corrected chi connectivity index (χ3v) is 2.21. The molecular weight excluding hydrogens is 199 g/mol. The molecule has 0 fully saturated rings. The van der Waals surface area contributed by atoms with Gasteiger partial charge in [-0.1, -0.05) is 0 Å². The summed E-state index contributed by atoms with van der Waals surface area (Å²) in [5.41, 5.74) is -1.29. The molecule has 3 nitrogen and oxygen atoms in total. The van der Waals surface area contributed by atoms with Gasteiger partial charge in [-0.25, -0.2) is 4.39 Å². The van der Waals surface area contributed by atoms with Gasteiger partial charge >= 0.3 is 5.97 Å². The molecule has 0 radical (unpaired) electrons. The zero-order valence-electron chi connectivity index (χ0n) is 8.45. The van der Waals surface area contributed by atoms with Crippen molar-refractivity contribution in [3.05, 3.63) is 35.6 Å². The second-order valence-corrected chi connectivity index (χ2v) is 3.77. The molecule has 1 aromatic carbocycles. The molecule has 0 atom stereocenters. The molecule has 0 aliphatic heterocycles. The van der Waals surface area contributed by atoms with Crippen molar-refractivity contribution >= 4 is 11.8 Å². The van der Waals surface area contributed by atoms with Gasteiger partial charge in [-0.15, -0.1) is 0 Å². The average Bonchev–Trinajstić information content (AvgIpc) is 2.17. The summed E-state index contributed by atoms with van der Waals surface area (Å²) in [6.07, 6.45) is 0. The predicted molar refractivity (Wildman–Crippen MR) is 52.1 cm³/mol. The molecule has 0 unspecified atom stereocenters. The van der Waals surface area contributed by atoms with Crippen LogP contribution in [0.4, 0.5) is 4.39 Å². The number of carboxylic acid groups (broad SMARTS) is 1. The molecule has 0 saturated heterocycles. The Labute approximate surface area is 86.5 Å². The molecular formula is C11H11FO3. The molecule has 0 aliphatic rings. The number of aliphatic carboxylic acids is 1. The van der Waals surface area contributed by atoms with E-state index in [4.69, 9.17) is 5.11 Å². The van der Waals surface area contributed by atoms with Gasteiger partial charge in [0.1, 0.15) is 11.2 Å². The molecule has 1 rings (SSSR count). The second-order valence-electron chi connectivity index (χ2n) is 3.77. The van der Waals surface area contributed by atoms with Gasteiger partial charge in [-0.05, 0) is 38.1 Å². The molecule has 4 heteroatoms. The third-order valence-electron chi connectivity index (χ3n) is 2.21. The standard InChI is InChI=1S/C11H11FO3/c1-11(2,10(14)15)9(13)7-3-5-8(12)6-4-7/h3-6H,1-2H3,(H,14,15). The number of Topliss-reactive ketones (excluding diaryl/α,β-unsaturated/α-hetero) is 1. The van der Waals surface area contributed by atoms with E-state index in [2.05, 4.69) is 0 Å². The lowest BCUT2D eigenvalue weighted by Crippen LogP contribution is -2.33. The minimum atomic E-state index is -1.49. The molecule has 1 N–H and O–H groups in total. The zero-order chi connectivity index (χ0) is 11.6. The number of benzene rings is 1. The van der Waals surface area contributed by atoms with Gasteiger partial charge in [-0.3, -0.25) is 9.59 Å². The summed E-state index contributed by atoms with van der Waals surface area (Å²) in [5, 5.41) is 8.83. The predicted octanol–water partition coefficient (Wildman–Crippen LogP) is 2.12. The van der Waals surface area contributed by atoms with Crippen LogP contribution in [0.15, 0.2) is 24.3 Å². The van der Waals surface area contributed by atoms with Crippen LogP contribution >= 0.6 is 0 Å². The van der Waals surface area contributed by atoms with Crippen molar-refractivity contribution in [3.63, 3.8) is 0 Å². The Morgan fingerprint density at radius 2 is 1.67 bits per heavy atom. The number of hydrogen-bond acceptors (Lipinski definition) is 2. The molecule has 1 aromatic rings. The minimum Gasteiger partial charge on any atom is -0.481 e. The molecule has 0 spiro atoms. The van der Waals surface area contributed by atoms with Crippen LogP contribution in [0.25, 0.3) is 0 Å². The van der Waals surface area contributed by atoms with Crippen LogP contribution in [0.1, 0.15) is 24.2 Å². The van der Waals surface area contributed by atoms with Gasteiger partial charge in [0.25, 0.3) is 0 Å². The monoisotopic (exact) mass is 210 g/mol. The van der Waals surface area contributed by atoms with Crippen molar-refractivity contribution in [1.82, 2.24) is 0 Å². The maximum absolute atomic E-state index is 12.6. The zero-order valence-corrected chi connectivity index (χ0v) is 8.45. The second kappa shape index (κ2) is 3.81. The van der Waals surface area contributed by atoms with E-state index in [0.717, 1.165) is 12.1 Å². The molecule has 0 heterocycles. The first-order valence-corrected chi connectivity index (χ1v) is 4.39. The largest absolute Gasteiger partial charge is 0.481 e. The van der Waals surface area contributed by atoms with Crippen molar-refractivity contribution in [2.45, 2.75) is 13.8 Å². The fourth-order valence-corrected chi connectivity index (χ4v) is 1.06. The van der Waals surface area contributed by atoms with E-state index in [-0.39, 0.29) is 5.56 Å². The summed E-state index contributed by atoms with van der Waals surface area (Å²) in [4.78, 5) is 22.5. The number of hydrogen-bond donors (Lipinski definition) is 1. The highest BCUT2D eigenvalue weighted by Gasteiger charge is 2.36. The van der Waals surface area contributed by atoms with E-state index in [1.54, 1.807) is 0 Å². The third kappa shape index (κ3) is 2.21. The number of carbonyl (C=O) groups is 2. The van der Waals surface area contributed by atoms with Crippen LogP contribution in [0.5, 0.6) is 0 Å². The van der Waals surface area contributed by atoms with Crippen molar-refractivity contribution < 1.29 is 19.1 Å². The number of ketones is 1. The van der Waals surface area contributed by atoms with Crippen LogP contribution in [-0.4, -0.2) is 16.9 Å². The minimum absolute atomic E-state index is 0.198. The maximum Gasteiger partial charge on any atom is 0.316 e. The van der Waals surface area contributed by atoms with Gasteiger partial charge in [0.05, 0.1) is 0 Å². The fourth-order valence-electron chi connectivity index (χ4n) is 1.06. The Balaban J connectivity index is 3.05. The van der Waals surface area contributed by atoms with Gasteiger partial charge in [0, 0.05) is 5.56 Å². The Kier molecular flexibility index (Phi) is 2.88. The highest BCUT2D eigenvalue weighted by Crippen LogP contribution is 2.22. The highest BCUT2D eigenvalue weighted by atomic mass is 19.1. The quantitative estimate of drug-likeness (QED) is 0.614. The summed E-state index contributed by atoms with van der Waals surface area (Å²) < 4.78 is 12.6. The molecule has 80 valence electrons. The van der Waals surface area contributed by atoms with Gasteiger partial charge in [-0.2, -0.15) is 0 Å². The highest BCUT2D eigenvalue weighted by molar-refractivity contribution is 6.11. The lowest BCUT2D eigenvalue weighted by Gasteiger charge is -2.17. The lowest BCUT2D eigenvalue weighted by molar-refractivity contribution is -0.144. The number of halogens is 1. The first-order chi connectivity index (χ1) is 6.85. The molecule has 0 saturated carbocycles. The molecule has 0 bridgehead atoms. The summed E-state index contributed by atoms with van der Waals surface area (Å²) in [5.74, 6) is -2.19. The topological polar surface area (TPSA) is 54.4 Å². The van der Waals surface area contributed by atoms with Crippen LogP contribution in [-0.2, 0) is 4.79 Å². The van der Waals surface area contributed by atoms with Crippen LogP contribution in [0, 0.1) is 11.2 Å². The van der Waals surface area contributed by atoms with Crippen molar-refractivity contribution in [2.75, 3.05) is 0 Å². The summed E-state index contributed by atoms with van der Waals surface area (Å²) in [7, 11) is 0. The Morgan fingerprint density at radius 1 is 1.20 bits per heavy atom. The number of carbonyl (C=O) groups excluding carboxylic acids is 1. The average molecular weight is 210 g/mol. The van der Waals surface area contributed by atoms with Crippen molar-refractivity contribution in [2.24, 2.45) is 5.41 Å². The summed E-state index contributed by atoms with van der Waals surface area (Å²) >= 11 is 0. The van der Waals surface area contributed by atoms with Crippen LogP contribution in [0.3, 0.4) is 0 Å². The Bertz CT molecular complexity index is 393. The maximum atomic E-state index is 12.6. The van der Waals surface area contributed by atoms with Crippen LogP contribution in [0.2, 0.25) is 0 Å². The molecule has 15 heavy (non-hydrogen) atoms. The lowest BCUT2D eigenvalue weighted by atomic mass is 9.84. The smallest absolute Gasteiger partial charge is 0.316 e. The number of carboxylic acids is 1. The van der Waals surface area contributed by atoms with E-state index in [1.807, 2.05) is 0 Å². The summed E-state index contributed by atoms with van der Waals surface area (Å²) in [6, 6.07) is 4.82. The van der Waals surface area contributed by atoms with Crippen LogP contribution < -0.4 is 0 Å². The SMILES string of the molecule is CC(C)(C(=O)O)C(=O)c1ccc(F)cc1. The number of rotatable bonds is 3. The Hall–Kier alpha value is -1.71. The van der Waals surface area contributed by atoms with Gasteiger partial charge in [0.15, 0.2) is 5.78 Å². The molecule has 0 amide bonds. The van der Waals surface area contributed by atoms with E-state index in [1.165, 1.54) is 26.0 Å².